The predicted molar refractivity (Wildman–Crippen MR) is 65.4 cm³/mol. The number of amides is 1. The highest BCUT2D eigenvalue weighted by molar-refractivity contribution is 9.10. The zero-order valence-electron chi connectivity index (χ0n) is 9.34. The minimum Gasteiger partial charge on any atom is -0.479 e. The highest BCUT2D eigenvalue weighted by Gasteiger charge is 2.27. The molecule has 1 amide bonds. The molecule has 1 unspecified atom stereocenters. The fourth-order valence-corrected chi connectivity index (χ4v) is 1.72. The maximum atomic E-state index is 11.2. The summed E-state index contributed by atoms with van der Waals surface area (Å²) in [6, 6.07) is 2.27. The summed E-state index contributed by atoms with van der Waals surface area (Å²) in [5.74, 6) is -1.08. The average molecular weight is 301 g/mol. The largest absolute Gasteiger partial charge is 0.479 e. The molecule has 1 rings (SSSR count). The van der Waals surface area contributed by atoms with Gasteiger partial charge >= 0.3 is 5.97 Å². The Morgan fingerprint density at radius 3 is 2.76 bits per heavy atom. The number of carbonyl (C=O) groups is 2. The van der Waals surface area contributed by atoms with Crippen molar-refractivity contribution in [1.82, 2.24) is 9.88 Å². The summed E-state index contributed by atoms with van der Waals surface area (Å²) in [6.45, 7) is 2.27. The minimum atomic E-state index is -1.08. The monoisotopic (exact) mass is 300 g/mol. The van der Waals surface area contributed by atoms with E-state index >= 15 is 0 Å². The molecule has 0 saturated heterocycles. The SMILES string of the molecule is CCCN(C=O)C(C(=O)O)c1ccc(Br)cn1. The van der Waals surface area contributed by atoms with Crippen LogP contribution in [0.15, 0.2) is 22.8 Å². The zero-order valence-corrected chi connectivity index (χ0v) is 10.9. The molecule has 0 fully saturated rings. The quantitative estimate of drug-likeness (QED) is 0.814. The summed E-state index contributed by atoms with van der Waals surface area (Å²) in [7, 11) is 0. The summed E-state index contributed by atoms with van der Waals surface area (Å²) < 4.78 is 0.763. The second-order valence-corrected chi connectivity index (χ2v) is 4.40. The van der Waals surface area contributed by atoms with Gasteiger partial charge in [0.15, 0.2) is 6.04 Å². The number of hydrogen-bond acceptors (Lipinski definition) is 3. The second-order valence-electron chi connectivity index (χ2n) is 3.49. The number of carboxylic acid groups (broad SMARTS) is 1. The van der Waals surface area contributed by atoms with E-state index in [1.165, 1.54) is 11.1 Å². The Hall–Kier alpha value is -1.43. The van der Waals surface area contributed by atoms with Crippen LogP contribution in [-0.4, -0.2) is 33.9 Å². The van der Waals surface area contributed by atoms with Crippen LogP contribution in [-0.2, 0) is 9.59 Å². The van der Waals surface area contributed by atoms with Gasteiger partial charge in [-0.2, -0.15) is 0 Å². The van der Waals surface area contributed by atoms with Crippen molar-refractivity contribution >= 4 is 28.3 Å². The van der Waals surface area contributed by atoms with Gasteiger partial charge in [0.2, 0.25) is 6.41 Å². The third-order valence-electron chi connectivity index (χ3n) is 2.21. The van der Waals surface area contributed by atoms with E-state index in [1.54, 1.807) is 12.1 Å². The third-order valence-corrected chi connectivity index (χ3v) is 2.68. The molecular weight excluding hydrogens is 288 g/mol. The summed E-state index contributed by atoms with van der Waals surface area (Å²) in [5.41, 5.74) is 0.348. The van der Waals surface area contributed by atoms with Crippen LogP contribution in [0.25, 0.3) is 0 Å². The molecule has 1 aromatic heterocycles. The summed E-state index contributed by atoms with van der Waals surface area (Å²) in [4.78, 5) is 27.4. The van der Waals surface area contributed by atoms with Crippen molar-refractivity contribution in [3.05, 3.63) is 28.5 Å². The minimum absolute atomic E-state index is 0.348. The zero-order chi connectivity index (χ0) is 12.8. The van der Waals surface area contributed by atoms with E-state index in [2.05, 4.69) is 20.9 Å². The summed E-state index contributed by atoms with van der Waals surface area (Å²) in [5, 5.41) is 9.17. The van der Waals surface area contributed by atoms with Crippen molar-refractivity contribution in [3.63, 3.8) is 0 Å². The summed E-state index contributed by atoms with van der Waals surface area (Å²) in [6.07, 6.45) is 2.76. The molecule has 0 aliphatic heterocycles. The normalized spacial score (nSPS) is 11.9. The molecule has 92 valence electrons. The fourth-order valence-electron chi connectivity index (χ4n) is 1.49. The van der Waals surface area contributed by atoms with Crippen LogP contribution in [0.1, 0.15) is 25.1 Å². The highest BCUT2D eigenvalue weighted by atomic mass is 79.9. The van der Waals surface area contributed by atoms with Crippen molar-refractivity contribution < 1.29 is 14.7 Å². The molecule has 6 heteroatoms. The van der Waals surface area contributed by atoms with E-state index < -0.39 is 12.0 Å². The number of halogens is 1. The number of aliphatic carboxylic acids is 1. The predicted octanol–water partition coefficient (Wildman–Crippen LogP) is 1.84. The van der Waals surface area contributed by atoms with Crippen molar-refractivity contribution in [3.8, 4) is 0 Å². The molecular formula is C11H13BrN2O3. The van der Waals surface area contributed by atoms with Gasteiger partial charge in [-0.05, 0) is 34.5 Å². The number of nitrogens with zero attached hydrogens (tertiary/aromatic N) is 2. The Labute approximate surface area is 108 Å². The molecule has 0 spiro atoms. The van der Waals surface area contributed by atoms with E-state index in [1.807, 2.05) is 6.92 Å². The lowest BCUT2D eigenvalue weighted by Gasteiger charge is -2.23. The molecule has 0 saturated carbocycles. The molecule has 0 aliphatic rings. The lowest BCUT2D eigenvalue weighted by molar-refractivity contribution is -0.146. The van der Waals surface area contributed by atoms with E-state index in [4.69, 9.17) is 0 Å². The van der Waals surface area contributed by atoms with Crippen LogP contribution in [0.4, 0.5) is 0 Å². The molecule has 1 atom stereocenters. The van der Waals surface area contributed by atoms with Gasteiger partial charge in [-0.3, -0.25) is 9.78 Å². The first-order valence-electron chi connectivity index (χ1n) is 5.15. The molecule has 1 aromatic rings. The fraction of sp³-hybridized carbons (Fsp3) is 0.364. The van der Waals surface area contributed by atoms with E-state index in [0.717, 1.165) is 4.47 Å². The topological polar surface area (TPSA) is 70.5 Å². The maximum Gasteiger partial charge on any atom is 0.332 e. The van der Waals surface area contributed by atoms with E-state index in [-0.39, 0.29) is 0 Å². The molecule has 0 aromatic carbocycles. The van der Waals surface area contributed by atoms with Crippen molar-refractivity contribution in [2.45, 2.75) is 19.4 Å². The molecule has 5 nitrogen and oxygen atoms in total. The Balaban J connectivity index is 3.03. The van der Waals surface area contributed by atoms with Gasteiger partial charge in [0, 0.05) is 17.2 Å². The molecule has 0 bridgehead atoms. The molecule has 0 radical (unpaired) electrons. The highest BCUT2D eigenvalue weighted by Crippen LogP contribution is 2.19. The first kappa shape index (κ1) is 13.6. The van der Waals surface area contributed by atoms with Gasteiger partial charge in [0.05, 0.1) is 5.69 Å². The van der Waals surface area contributed by atoms with Crippen LogP contribution in [0.3, 0.4) is 0 Å². The maximum absolute atomic E-state index is 11.2. The lowest BCUT2D eigenvalue weighted by Crippen LogP contribution is -2.34. The van der Waals surface area contributed by atoms with Crippen LogP contribution in [0.2, 0.25) is 0 Å². The van der Waals surface area contributed by atoms with Gasteiger partial charge in [0.25, 0.3) is 0 Å². The standard InChI is InChI=1S/C11H13BrN2O3/c1-2-5-14(7-15)10(11(16)17)9-4-3-8(12)6-13-9/h3-4,6-7,10H,2,5H2,1H3,(H,16,17). The van der Waals surface area contributed by atoms with Gasteiger partial charge in [0.1, 0.15) is 0 Å². The first-order chi connectivity index (χ1) is 8.10. The Bertz CT molecular complexity index is 394. The molecule has 17 heavy (non-hydrogen) atoms. The van der Waals surface area contributed by atoms with Crippen molar-refractivity contribution in [1.29, 1.82) is 0 Å². The number of hydrogen-bond donors (Lipinski definition) is 1. The third kappa shape index (κ3) is 3.52. The van der Waals surface area contributed by atoms with Crippen molar-refractivity contribution in [2.75, 3.05) is 6.54 Å². The molecule has 1 N–H and O–H groups in total. The Morgan fingerprint density at radius 1 is 1.65 bits per heavy atom. The van der Waals surface area contributed by atoms with Gasteiger partial charge in [-0.1, -0.05) is 6.92 Å². The smallest absolute Gasteiger partial charge is 0.332 e. The van der Waals surface area contributed by atoms with Crippen LogP contribution in [0, 0.1) is 0 Å². The lowest BCUT2D eigenvalue weighted by atomic mass is 10.1. The molecule has 0 aliphatic carbocycles. The number of aromatic nitrogens is 1. The van der Waals surface area contributed by atoms with Crippen LogP contribution >= 0.6 is 15.9 Å². The van der Waals surface area contributed by atoms with Crippen LogP contribution < -0.4 is 0 Å². The Morgan fingerprint density at radius 2 is 2.35 bits per heavy atom. The van der Waals surface area contributed by atoms with Crippen LogP contribution in [0.5, 0.6) is 0 Å². The van der Waals surface area contributed by atoms with E-state index in [9.17, 15) is 14.7 Å². The number of carbonyl (C=O) groups excluding carboxylic acids is 1. The molecule has 1 heterocycles. The van der Waals surface area contributed by atoms with Gasteiger partial charge in [-0.25, -0.2) is 4.79 Å². The van der Waals surface area contributed by atoms with Gasteiger partial charge < -0.3 is 10.0 Å². The number of carboxylic acids is 1. The van der Waals surface area contributed by atoms with Crippen molar-refractivity contribution in [2.24, 2.45) is 0 Å². The number of pyridine rings is 1. The number of rotatable bonds is 6. The second kappa shape index (κ2) is 6.34. The first-order valence-corrected chi connectivity index (χ1v) is 5.94. The van der Waals surface area contributed by atoms with Gasteiger partial charge in [-0.15, -0.1) is 0 Å². The average Bonchev–Trinajstić information content (AvgIpc) is 2.30. The van der Waals surface area contributed by atoms with E-state index in [0.29, 0.717) is 25.1 Å². The Kier molecular flexibility index (Phi) is 5.09. The summed E-state index contributed by atoms with van der Waals surface area (Å²) >= 11 is 3.22.